The molecule has 0 atom stereocenters. The molecule has 4 heteroatoms. The van der Waals surface area contributed by atoms with E-state index < -0.39 is 0 Å². The number of carbonyl (C=O) groups is 1. The van der Waals surface area contributed by atoms with Gasteiger partial charge in [-0.2, -0.15) is 0 Å². The number of carbonyl (C=O) groups excluding carboxylic acids is 1. The number of nitrogens with one attached hydrogen (secondary N) is 1. The standard InChI is InChI=1S/C14H21NO3/c1-3-8-15-11-13(16)12-6-4-5-7-14(12)18-10-9-17-2/h4-7,15H,3,8-11H2,1-2H3. The second kappa shape index (κ2) is 8.66. The number of rotatable bonds is 9. The molecule has 0 spiro atoms. The van der Waals surface area contributed by atoms with Crippen LogP contribution < -0.4 is 10.1 Å². The highest BCUT2D eigenvalue weighted by molar-refractivity contribution is 6.00. The van der Waals surface area contributed by atoms with E-state index in [9.17, 15) is 4.79 Å². The maximum Gasteiger partial charge on any atom is 0.180 e. The summed E-state index contributed by atoms with van der Waals surface area (Å²) in [5.41, 5.74) is 0.622. The van der Waals surface area contributed by atoms with Gasteiger partial charge in [-0.25, -0.2) is 0 Å². The van der Waals surface area contributed by atoms with Crippen LogP contribution in [0.2, 0.25) is 0 Å². The van der Waals surface area contributed by atoms with E-state index in [4.69, 9.17) is 9.47 Å². The second-order valence-corrected chi connectivity index (χ2v) is 3.94. The molecule has 1 aromatic rings. The molecule has 100 valence electrons. The molecule has 1 N–H and O–H groups in total. The third-order valence-electron chi connectivity index (χ3n) is 2.44. The van der Waals surface area contributed by atoms with Gasteiger partial charge in [-0.15, -0.1) is 0 Å². The fourth-order valence-electron chi connectivity index (χ4n) is 1.53. The van der Waals surface area contributed by atoms with E-state index >= 15 is 0 Å². The SMILES string of the molecule is CCCNCC(=O)c1ccccc1OCCOC. The normalized spacial score (nSPS) is 10.3. The first-order valence-electron chi connectivity index (χ1n) is 6.24. The molecule has 0 radical (unpaired) electrons. The van der Waals surface area contributed by atoms with Crippen molar-refractivity contribution in [3.05, 3.63) is 29.8 Å². The Morgan fingerprint density at radius 3 is 2.78 bits per heavy atom. The average Bonchev–Trinajstić information content (AvgIpc) is 2.40. The number of para-hydroxylation sites is 1. The fourth-order valence-corrected chi connectivity index (χ4v) is 1.53. The summed E-state index contributed by atoms with van der Waals surface area (Å²) in [7, 11) is 1.62. The summed E-state index contributed by atoms with van der Waals surface area (Å²) in [6, 6.07) is 7.30. The molecule has 18 heavy (non-hydrogen) atoms. The number of Topliss-reactive ketones (excluding diaryl/α,β-unsaturated/α-hetero) is 1. The first kappa shape index (κ1) is 14.7. The topological polar surface area (TPSA) is 47.6 Å². The third-order valence-corrected chi connectivity index (χ3v) is 2.44. The first-order chi connectivity index (χ1) is 8.79. The Labute approximate surface area is 108 Å². The van der Waals surface area contributed by atoms with Gasteiger partial charge in [0.2, 0.25) is 0 Å². The van der Waals surface area contributed by atoms with Crippen LogP contribution in [0.4, 0.5) is 0 Å². The van der Waals surface area contributed by atoms with Crippen LogP contribution in [0.3, 0.4) is 0 Å². The van der Waals surface area contributed by atoms with Gasteiger partial charge in [0.05, 0.1) is 18.7 Å². The molecular weight excluding hydrogens is 230 g/mol. The van der Waals surface area contributed by atoms with Gasteiger partial charge in [0.25, 0.3) is 0 Å². The van der Waals surface area contributed by atoms with E-state index in [1.807, 2.05) is 18.2 Å². The molecule has 0 amide bonds. The van der Waals surface area contributed by atoms with E-state index in [2.05, 4.69) is 12.2 Å². The zero-order chi connectivity index (χ0) is 13.2. The molecule has 0 aliphatic rings. The van der Waals surface area contributed by atoms with Gasteiger partial charge < -0.3 is 14.8 Å². The lowest BCUT2D eigenvalue weighted by Crippen LogP contribution is -2.24. The van der Waals surface area contributed by atoms with Gasteiger partial charge in [0, 0.05) is 7.11 Å². The molecular formula is C14H21NO3. The summed E-state index contributed by atoms with van der Waals surface area (Å²) in [5, 5.41) is 3.10. The highest BCUT2D eigenvalue weighted by atomic mass is 16.5. The van der Waals surface area contributed by atoms with E-state index in [0.29, 0.717) is 31.1 Å². The number of methoxy groups -OCH3 is 1. The molecule has 0 saturated carbocycles. The Morgan fingerprint density at radius 2 is 2.06 bits per heavy atom. The Balaban J connectivity index is 2.59. The van der Waals surface area contributed by atoms with Crippen molar-refractivity contribution >= 4 is 5.78 Å². The van der Waals surface area contributed by atoms with Crippen LogP contribution in [0.5, 0.6) is 5.75 Å². The predicted octanol–water partition coefficient (Wildman–Crippen LogP) is 1.89. The molecule has 1 aromatic carbocycles. The number of hydrogen-bond donors (Lipinski definition) is 1. The summed E-state index contributed by atoms with van der Waals surface area (Å²) < 4.78 is 10.5. The van der Waals surface area contributed by atoms with Crippen molar-refractivity contribution < 1.29 is 14.3 Å². The van der Waals surface area contributed by atoms with E-state index in [-0.39, 0.29) is 5.78 Å². The lowest BCUT2D eigenvalue weighted by molar-refractivity contribution is 0.0983. The van der Waals surface area contributed by atoms with Gasteiger partial charge in [0.15, 0.2) is 5.78 Å². The second-order valence-electron chi connectivity index (χ2n) is 3.94. The fraction of sp³-hybridized carbons (Fsp3) is 0.500. The first-order valence-corrected chi connectivity index (χ1v) is 6.24. The van der Waals surface area contributed by atoms with Crippen LogP contribution in [0.25, 0.3) is 0 Å². The smallest absolute Gasteiger partial charge is 0.180 e. The number of hydrogen-bond acceptors (Lipinski definition) is 4. The van der Waals surface area contributed by atoms with Crippen LogP contribution in [-0.2, 0) is 4.74 Å². The van der Waals surface area contributed by atoms with Gasteiger partial charge in [-0.3, -0.25) is 4.79 Å². The van der Waals surface area contributed by atoms with Crippen molar-refractivity contribution in [1.29, 1.82) is 0 Å². The average molecular weight is 251 g/mol. The molecule has 4 nitrogen and oxygen atoms in total. The molecule has 0 aliphatic heterocycles. The summed E-state index contributed by atoms with van der Waals surface area (Å²) in [5.74, 6) is 0.675. The van der Waals surface area contributed by atoms with Crippen LogP contribution in [0.1, 0.15) is 23.7 Å². The molecule has 0 fully saturated rings. The van der Waals surface area contributed by atoms with E-state index in [0.717, 1.165) is 13.0 Å². The summed E-state index contributed by atoms with van der Waals surface area (Å²) in [6.07, 6.45) is 1.01. The zero-order valence-corrected chi connectivity index (χ0v) is 11.1. The van der Waals surface area contributed by atoms with E-state index in [1.165, 1.54) is 0 Å². The third kappa shape index (κ3) is 4.85. The van der Waals surface area contributed by atoms with Crippen molar-refractivity contribution in [2.75, 3.05) is 33.4 Å². The molecule has 1 rings (SSSR count). The van der Waals surface area contributed by atoms with E-state index in [1.54, 1.807) is 13.2 Å². The summed E-state index contributed by atoms with van der Waals surface area (Å²) >= 11 is 0. The van der Waals surface area contributed by atoms with Crippen molar-refractivity contribution in [2.45, 2.75) is 13.3 Å². The van der Waals surface area contributed by atoms with Gasteiger partial charge in [-0.1, -0.05) is 19.1 Å². The lowest BCUT2D eigenvalue weighted by atomic mass is 10.1. The molecule has 0 heterocycles. The van der Waals surface area contributed by atoms with Crippen LogP contribution in [0.15, 0.2) is 24.3 Å². The molecule has 0 saturated heterocycles. The largest absolute Gasteiger partial charge is 0.490 e. The molecule has 0 aromatic heterocycles. The summed E-state index contributed by atoms with van der Waals surface area (Å²) in [4.78, 5) is 12.0. The number of benzene rings is 1. The Morgan fingerprint density at radius 1 is 1.28 bits per heavy atom. The van der Waals surface area contributed by atoms with Gasteiger partial charge >= 0.3 is 0 Å². The van der Waals surface area contributed by atoms with Gasteiger partial charge in [0.1, 0.15) is 12.4 Å². The maximum absolute atomic E-state index is 12.0. The van der Waals surface area contributed by atoms with Crippen LogP contribution in [0, 0.1) is 0 Å². The predicted molar refractivity (Wildman–Crippen MR) is 71.3 cm³/mol. The minimum Gasteiger partial charge on any atom is -0.490 e. The number of ketones is 1. The minimum absolute atomic E-state index is 0.0523. The molecule has 0 unspecified atom stereocenters. The molecule has 0 bridgehead atoms. The zero-order valence-electron chi connectivity index (χ0n) is 11.1. The van der Waals surface area contributed by atoms with Crippen LogP contribution in [-0.4, -0.2) is 39.2 Å². The van der Waals surface area contributed by atoms with Crippen molar-refractivity contribution in [1.82, 2.24) is 5.32 Å². The van der Waals surface area contributed by atoms with Crippen molar-refractivity contribution in [2.24, 2.45) is 0 Å². The molecule has 0 aliphatic carbocycles. The Hall–Kier alpha value is -1.39. The van der Waals surface area contributed by atoms with Gasteiger partial charge in [-0.05, 0) is 25.1 Å². The van der Waals surface area contributed by atoms with Crippen molar-refractivity contribution in [3.63, 3.8) is 0 Å². The minimum atomic E-state index is 0.0523. The summed E-state index contributed by atoms with van der Waals surface area (Å²) in [6.45, 7) is 4.22. The Kier molecular flexibility index (Phi) is 7.06. The number of ether oxygens (including phenoxy) is 2. The monoisotopic (exact) mass is 251 g/mol. The maximum atomic E-state index is 12.0. The van der Waals surface area contributed by atoms with Crippen LogP contribution >= 0.6 is 0 Å². The quantitative estimate of drug-likeness (QED) is 0.538. The highest BCUT2D eigenvalue weighted by Crippen LogP contribution is 2.18. The highest BCUT2D eigenvalue weighted by Gasteiger charge is 2.11. The lowest BCUT2D eigenvalue weighted by Gasteiger charge is -2.10. The van der Waals surface area contributed by atoms with Crippen molar-refractivity contribution in [3.8, 4) is 5.75 Å². The Bertz CT molecular complexity index is 366.